The maximum absolute atomic E-state index is 13.4. The maximum Gasteiger partial charge on any atom is 0.250 e. The smallest absolute Gasteiger partial charge is 0.250 e. The summed E-state index contributed by atoms with van der Waals surface area (Å²) in [6.07, 6.45) is 5.64. The first-order valence-electron chi connectivity index (χ1n) is 11.4. The van der Waals surface area contributed by atoms with Crippen LogP contribution < -0.4 is 38.3 Å². The Labute approximate surface area is 198 Å². The third-order valence-corrected chi connectivity index (χ3v) is 5.95. The number of carbonyl (C=O) groups excluding carboxylic acids is 4. The number of carbonyl (C=O) groups is 4. The van der Waals surface area contributed by atoms with Gasteiger partial charge in [-0.05, 0) is 42.7 Å². The van der Waals surface area contributed by atoms with E-state index in [2.05, 4.69) is 21.8 Å². The van der Waals surface area contributed by atoms with Gasteiger partial charge in [-0.2, -0.15) is 0 Å². The van der Waals surface area contributed by atoms with Gasteiger partial charge in [0.1, 0.15) is 12.1 Å². The standard InChI is InChI=1S/C21H28N6O3.C2H5NO/c22-15(11-25-23)10-24-20(29)17-9-14-3-1-2-13-6-7-16(21(30)27(17)19(13)14)26-18(28)8-12-4-5-12;1-2(3)4/h1-3,11-12,16-17,25H,4-10,22-23H2,(H,24,29)(H,26,28);1H3,(H2,3,4)/b15-11-;. The molecular weight excluding hydrogens is 438 g/mol. The van der Waals surface area contributed by atoms with Crippen LogP contribution in [0.15, 0.2) is 30.1 Å². The lowest BCUT2D eigenvalue weighted by Crippen LogP contribution is -2.54. The van der Waals surface area contributed by atoms with Gasteiger partial charge in [-0.15, -0.1) is 0 Å². The van der Waals surface area contributed by atoms with E-state index in [-0.39, 0.29) is 30.2 Å². The summed E-state index contributed by atoms with van der Waals surface area (Å²) in [7, 11) is 0. The van der Waals surface area contributed by atoms with Crippen molar-refractivity contribution < 1.29 is 19.2 Å². The van der Waals surface area contributed by atoms with Gasteiger partial charge >= 0.3 is 0 Å². The van der Waals surface area contributed by atoms with Crippen LogP contribution in [0.2, 0.25) is 0 Å². The number of rotatable bonds is 7. The van der Waals surface area contributed by atoms with E-state index in [1.54, 1.807) is 4.90 Å². The van der Waals surface area contributed by atoms with E-state index in [0.717, 1.165) is 29.7 Å². The number of nitrogens with two attached hydrogens (primary N) is 3. The molecule has 9 N–H and O–H groups in total. The fourth-order valence-electron chi connectivity index (χ4n) is 4.28. The van der Waals surface area contributed by atoms with Crippen molar-refractivity contribution in [3.05, 3.63) is 41.2 Å². The van der Waals surface area contributed by atoms with Crippen molar-refractivity contribution in [3.8, 4) is 0 Å². The van der Waals surface area contributed by atoms with Crippen LogP contribution in [0.25, 0.3) is 0 Å². The van der Waals surface area contributed by atoms with Crippen molar-refractivity contribution >= 4 is 29.3 Å². The molecule has 2 aliphatic heterocycles. The summed E-state index contributed by atoms with van der Waals surface area (Å²) in [6, 6.07) is 4.59. The Balaban J connectivity index is 0.000000751. The molecule has 34 heavy (non-hydrogen) atoms. The van der Waals surface area contributed by atoms with Gasteiger partial charge in [0.25, 0.3) is 0 Å². The second-order valence-corrected chi connectivity index (χ2v) is 8.87. The summed E-state index contributed by atoms with van der Waals surface area (Å²) in [5.74, 6) is 4.71. The molecule has 2 heterocycles. The number of hydrogen-bond acceptors (Lipinski definition) is 7. The van der Waals surface area contributed by atoms with Crippen molar-refractivity contribution in [2.75, 3.05) is 11.4 Å². The zero-order valence-electron chi connectivity index (χ0n) is 19.3. The predicted octanol–water partition coefficient (Wildman–Crippen LogP) is -0.953. The number of aryl methyl sites for hydroxylation is 1. The number of nitrogens with zero attached hydrogens (tertiary/aromatic N) is 1. The van der Waals surface area contributed by atoms with Crippen molar-refractivity contribution in [3.63, 3.8) is 0 Å². The van der Waals surface area contributed by atoms with Gasteiger partial charge in [0.2, 0.25) is 23.6 Å². The summed E-state index contributed by atoms with van der Waals surface area (Å²) in [4.78, 5) is 49.5. The van der Waals surface area contributed by atoms with Gasteiger partial charge in [-0.25, -0.2) is 0 Å². The van der Waals surface area contributed by atoms with Crippen molar-refractivity contribution in [1.82, 2.24) is 16.1 Å². The van der Waals surface area contributed by atoms with E-state index >= 15 is 0 Å². The molecule has 0 radical (unpaired) electrons. The Morgan fingerprint density at radius 2 is 1.82 bits per heavy atom. The molecular formula is C23H33N7O4. The molecule has 0 aromatic heterocycles. The van der Waals surface area contributed by atoms with E-state index in [1.807, 2.05) is 18.2 Å². The summed E-state index contributed by atoms with van der Waals surface area (Å²) in [5.41, 5.74) is 15.7. The van der Waals surface area contributed by atoms with Crippen LogP contribution in [0.5, 0.6) is 0 Å². The minimum atomic E-state index is -0.673. The number of para-hydroxylation sites is 1. The van der Waals surface area contributed by atoms with E-state index in [9.17, 15) is 19.2 Å². The van der Waals surface area contributed by atoms with Crippen LogP contribution in [0.3, 0.4) is 0 Å². The summed E-state index contributed by atoms with van der Waals surface area (Å²) < 4.78 is 0. The average molecular weight is 472 g/mol. The molecule has 1 aliphatic carbocycles. The van der Waals surface area contributed by atoms with E-state index in [1.165, 1.54) is 13.1 Å². The number of hydrogen-bond donors (Lipinski definition) is 6. The molecule has 4 rings (SSSR count). The third kappa shape index (κ3) is 6.25. The Hall–Kier alpha value is -3.60. The fourth-order valence-corrected chi connectivity index (χ4v) is 4.28. The average Bonchev–Trinajstić information content (AvgIpc) is 3.51. The molecule has 0 bridgehead atoms. The topological polar surface area (TPSA) is 186 Å². The Bertz CT molecular complexity index is 986. The van der Waals surface area contributed by atoms with Crippen LogP contribution in [0.4, 0.5) is 5.69 Å². The number of benzene rings is 1. The molecule has 184 valence electrons. The van der Waals surface area contributed by atoms with Gasteiger partial charge in [0.05, 0.1) is 12.2 Å². The normalized spacial score (nSPS) is 20.9. The molecule has 1 aromatic rings. The third-order valence-electron chi connectivity index (χ3n) is 5.95. The summed E-state index contributed by atoms with van der Waals surface area (Å²) >= 11 is 0. The molecule has 2 atom stereocenters. The highest BCUT2D eigenvalue weighted by atomic mass is 16.2. The van der Waals surface area contributed by atoms with Crippen molar-refractivity contribution in [2.24, 2.45) is 23.2 Å². The molecule has 0 spiro atoms. The molecule has 1 fully saturated rings. The van der Waals surface area contributed by atoms with Crippen LogP contribution in [-0.2, 0) is 32.0 Å². The Morgan fingerprint density at radius 3 is 2.47 bits per heavy atom. The zero-order chi connectivity index (χ0) is 24.8. The maximum atomic E-state index is 13.4. The van der Waals surface area contributed by atoms with E-state index < -0.39 is 12.1 Å². The first-order chi connectivity index (χ1) is 16.2. The number of nitrogens with one attached hydrogen (secondary N) is 3. The molecule has 2 unspecified atom stereocenters. The fraction of sp³-hybridized carbons (Fsp3) is 0.478. The van der Waals surface area contributed by atoms with Gasteiger partial charge in [-0.1, -0.05) is 18.2 Å². The SMILES string of the molecule is CC(N)=O.NN/C=C(\N)CNC(=O)C1Cc2cccc3c2N1C(=O)C(NC(=O)CC1CC1)CC3. The van der Waals surface area contributed by atoms with Gasteiger partial charge < -0.3 is 27.5 Å². The Morgan fingerprint density at radius 1 is 1.15 bits per heavy atom. The molecule has 1 saturated carbocycles. The lowest BCUT2D eigenvalue weighted by Gasteiger charge is -2.28. The van der Waals surface area contributed by atoms with E-state index in [4.69, 9.17) is 11.6 Å². The second kappa shape index (κ2) is 11.0. The second-order valence-electron chi connectivity index (χ2n) is 8.87. The minimum absolute atomic E-state index is 0.0885. The highest BCUT2D eigenvalue weighted by Crippen LogP contribution is 2.39. The molecule has 11 nitrogen and oxygen atoms in total. The molecule has 1 aromatic carbocycles. The summed E-state index contributed by atoms with van der Waals surface area (Å²) in [6.45, 7) is 1.42. The van der Waals surface area contributed by atoms with Crippen LogP contribution >= 0.6 is 0 Å². The highest BCUT2D eigenvalue weighted by Gasteiger charge is 2.44. The number of primary amides is 1. The first-order valence-corrected chi connectivity index (χ1v) is 11.4. The van der Waals surface area contributed by atoms with Crippen LogP contribution in [-0.4, -0.2) is 42.3 Å². The van der Waals surface area contributed by atoms with Gasteiger partial charge in [0, 0.05) is 31.7 Å². The quantitative estimate of drug-likeness (QED) is 0.218. The zero-order valence-corrected chi connectivity index (χ0v) is 19.3. The molecule has 3 aliphatic rings. The predicted molar refractivity (Wildman–Crippen MR) is 126 cm³/mol. The summed E-state index contributed by atoms with van der Waals surface area (Å²) in [5, 5.41) is 5.69. The van der Waals surface area contributed by atoms with Crippen LogP contribution in [0.1, 0.15) is 43.7 Å². The molecule has 11 heteroatoms. The number of amides is 4. The van der Waals surface area contributed by atoms with E-state index in [0.29, 0.717) is 37.3 Å². The number of hydrazine groups is 1. The van der Waals surface area contributed by atoms with Gasteiger partial charge in [0.15, 0.2) is 0 Å². The van der Waals surface area contributed by atoms with Crippen LogP contribution in [0, 0.1) is 5.92 Å². The lowest BCUT2D eigenvalue weighted by atomic mass is 10.0. The Kier molecular flexibility index (Phi) is 8.11. The largest absolute Gasteiger partial charge is 0.399 e. The lowest BCUT2D eigenvalue weighted by molar-refractivity contribution is -0.129. The van der Waals surface area contributed by atoms with Gasteiger partial charge in [-0.3, -0.25) is 29.9 Å². The first kappa shape index (κ1) is 25.0. The minimum Gasteiger partial charge on any atom is -0.399 e. The number of anilines is 1. The molecule has 0 saturated heterocycles. The van der Waals surface area contributed by atoms with Crippen molar-refractivity contribution in [2.45, 2.75) is 57.5 Å². The highest BCUT2D eigenvalue weighted by molar-refractivity contribution is 6.07. The monoisotopic (exact) mass is 471 g/mol. The van der Waals surface area contributed by atoms with Crippen molar-refractivity contribution in [1.29, 1.82) is 0 Å². The molecule has 4 amide bonds.